The van der Waals surface area contributed by atoms with Crippen molar-refractivity contribution in [2.24, 2.45) is 11.7 Å². The highest BCUT2D eigenvalue weighted by atomic mass is 16.3. The third-order valence-corrected chi connectivity index (χ3v) is 2.61. The minimum atomic E-state index is -0.586. The van der Waals surface area contributed by atoms with Crippen LogP contribution in [-0.4, -0.2) is 41.1 Å². The van der Waals surface area contributed by atoms with Gasteiger partial charge in [0, 0.05) is 25.0 Å². The molecule has 0 saturated carbocycles. The molecule has 4 heteroatoms. The number of carbonyl (C=O) groups is 1. The van der Waals surface area contributed by atoms with Crippen molar-refractivity contribution < 1.29 is 9.90 Å². The maximum absolute atomic E-state index is 11.5. The highest BCUT2D eigenvalue weighted by molar-refractivity contribution is 5.81. The quantitative estimate of drug-likeness (QED) is 0.628. The first kappa shape index (κ1) is 10.5. The normalized spacial score (nSPS) is 31.1. The number of hydrogen-bond donors (Lipinski definition) is 2. The molecule has 2 unspecified atom stereocenters. The first-order chi connectivity index (χ1) is 6.06. The van der Waals surface area contributed by atoms with Crippen LogP contribution in [0.1, 0.15) is 20.3 Å². The lowest BCUT2D eigenvalue weighted by Crippen LogP contribution is -2.41. The second kappa shape index (κ2) is 4.07. The van der Waals surface area contributed by atoms with Gasteiger partial charge in [-0.15, -0.1) is 0 Å². The van der Waals surface area contributed by atoms with Crippen molar-refractivity contribution in [3.05, 3.63) is 0 Å². The number of rotatable bonds is 3. The van der Waals surface area contributed by atoms with Gasteiger partial charge in [-0.2, -0.15) is 0 Å². The zero-order chi connectivity index (χ0) is 10.0. The van der Waals surface area contributed by atoms with Crippen molar-refractivity contribution in [1.82, 2.24) is 4.90 Å². The molecule has 1 amide bonds. The number of aliphatic hydroxyl groups is 1. The Balaban J connectivity index is 2.53. The van der Waals surface area contributed by atoms with Crippen molar-refractivity contribution >= 4 is 5.91 Å². The smallest absolute Gasteiger partial charge is 0.225 e. The van der Waals surface area contributed by atoms with Crippen molar-refractivity contribution in [2.45, 2.75) is 32.4 Å². The summed E-state index contributed by atoms with van der Waals surface area (Å²) in [6.07, 6.45) is 0.299. The predicted octanol–water partition coefficient (Wildman–Crippen LogP) is -0.437. The van der Waals surface area contributed by atoms with Crippen molar-refractivity contribution in [3.63, 3.8) is 0 Å². The summed E-state index contributed by atoms with van der Waals surface area (Å²) in [5, 5.41) is 9.32. The van der Waals surface area contributed by atoms with Gasteiger partial charge in [-0.25, -0.2) is 0 Å². The van der Waals surface area contributed by atoms with E-state index in [2.05, 4.69) is 0 Å². The summed E-state index contributed by atoms with van der Waals surface area (Å²) in [5.74, 6) is 0.236. The number of nitrogens with zero attached hydrogens (tertiary/aromatic N) is 1. The molecule has 76 valence electrons. The molecule has 1 fully saturated rings. The highest BCUT2D eigenvalue weighted by Gasteiger charge is 2.34. The molecule has 0 aromatic carbocycles. The van der Waals surface area contributed by atoms with Crippen LogP contribution < -0.4 is 5.73 Å². The maximum Gasteiger partial charge on any atom is 0.225 e. The largest absolute Gasteiger partial charge is 0.390 e. The summed E-state index contributed by atoms with van der Waals surface area (Å²) in [6, 6.07) is 0.240. The Labute approximate surface area is 78.7 Å². The van der Waals surface area contributed by atoms with Gasteiger partial charge in [0.05, 0.1) is 6.10 Å². The third-order valence-electron chi connectivity index (χ3n) is 2.61. The summed E-state index contributed by atoms with van der Waals surface area (Å²) < 4.78 is 0. The molecular formula is C9H18N2O2. The minimum Gasteiger partial charge on any atom is -0.390 e. The molecule has 3 N–H and O–H groups in total. The topological polar surface area (TPSA) is 66.6 Å². The Kier molecular flexibility index (Phi) is 3.27. The first-order valence-electron chi connectivity index (χ1n) is 4.74. The lowest BCUT2D eigenvalue weighted by Gasteiger charge is -2.23. The van der Waals surface area contributed by atoms with E-state index < -0.39 is 6.10 Å². The van der Waals surface area contributed by atoms with Gasteiger partial charge in [0.2, 0.25) is 5.91 Å². The zero-order valence-corrected chi connectivity index (χ0v) is 8.23. The monoisotopic (exact) mass is 186 g/mol. The number of β-amino-alcohol motifs (C(OH)–C–C–N with tert-alkyl or cyclic N) is 1. The molecule has 1 heterocycles. The average molecular weight is 186 g/mol. The van der Waals surface area contributed by atoms with Gasteiger partial charge in [0.1, 0.15) is 0 Å². The highest BCUT2D eigenvalue weighted by Crippen LogP contribution is 2.23. The fourth-order valence-corrected chi connectivity index (χ4v) is 1.81. The molecule has 4 nitrogen and oxygen atoms in total. The molecule has 1 aliphatic heterocycles. The van der Waals surface area contributed by atoms with E-state index in [1.807, 2.05) is 13.8 Å². The number of likely N-dealkylation sites (tertiary alicyclic amines) is 1. The fourth-order valence-electron chi connectivity index (χ4n) is 1.81. The molecule has 1 aliphatic rings. The van der Waals surface area contributed by atoms with Crippen LogP contribution in [0.4, 0.5) is 0 Å². The van der Waals surface area contributed by atoms with E-state index in [4.69, 9.17) is 5.73 Å². The molecule has 13 heavy (non-hydrogen) atoms. The Morgan fingerprint density at radius 1 is 1.69 bits per heavy atom. The van der Waals surface area contributed by atoms with Gasteiger partial charge in [-0.1, -0.05) is 6.92 Å². The average Bonchev–Trinajstić information content (AvgIpc) is 2.32. The number of amides is 1. The van der Waals surface area contributed by atoms with Gasteiger partial charge in [0.25, 0.3) is 0 Å². The molecule has 1 rings (SSSR count). The van der Waals surface area contributed by atoms with Crippen LogP contribution in [0, 0.1) is 5.92 Å². The van der Waals surface area contributed by atoms with E-state index in [9.17, 15) is 9.90 Å². The first-order valence-corrected chi connectivity index (χ1v) is 4.74. The predicted molar refractivity (Wildman–Crippen MR) is 50.0 cm³/mol. The van der Waals surface area contributed by atoms with Gasteiger partial charge in [0.15, 0.2) is 0 Å². The van der Waals surface area contributed by atoms with E-state index in [0.29, 0.717) is 6.54 Å². The Hall–Kier alpha value is -0.610. The molecule has 0 aromatic rings. The molecule has 0 spiro atoms. The number of carbonyl (C=O) groups excluding carboxylic acids is 1. The molecule has 1 saturated heterocycles. The van der Waals surface area contributed by atoms with Gasteiger partial charge < -0.3 is 15.7 Å². The van der Waals surface area contributed by atoms with Gasteiger partial charge in [-0.05, 0) is 13.3 Å². The van der Waals surface area contributed by atoms with Crippen LogP contribution in [0.5, 0.6) is 0 Å². The van der Waals surface area contributed by atoms with Crippen LogP contribution >= 0.6 is 0 Å². The summed E-state index contributed by atoms with van der Waals surface area (Å²) >= 11 is 0. The number of hydrogen-bond acceptors (Lipinski definition) is 3. The molecule has 3 atom stereocenters. The van der Waals surface area contributed by atoms with E-state index in [1.54, 1.807) is 4.90 Å². The molecule has 0 bridgehead atoms. The Morgan fingerprint density at radius 3 is 2.69 bits per heavy atom. The van der Waals surface area contributed by atoms with Crippen molar-refractivity contribution in [1.29, 1.82) is 0 Å². The standard InChI is InChI=1S/C9H18N2O2/c1-6-3-7(2)11(9(6)13)5-8(12)4-10/h6-8,12H,3-5,10H2,1-2H3/t6?,7?,8-/m1/s1. The van der Waals surface area contributed by atoms with Crippen LogP contribution in [0.2, 0.25) is 0 Å². The van der Waals surface area contributed by atoms with E-state index in [0.717, 1.165) is 6.42 Å². The molecular weight excluding hydrogens is 168 g/mol. The van der Waals surface area contributed by atoms with Crippen LogP contribution in [0.25, 0.3) is 0 Å². The second-order valence-corrected chi connectivity index (χ2v) is 3.87. The second-order valence-electron chi connectivity index (χ2n) is 3.87. The zero-order valence-electron chi connectivity index (χ0n) is 8.23. The van der Waals surface area contributed by atoms with Crippen LogP contribution in [0.15, 0.2) is 0 Å². The SMILES string of the molecule is CC1CC(C)N(C[C@H](O)CN)C1=O. The number of aliphatic hydroxyl groups excluding tert-OH is 1. The Bertz CT molecular complexity index is 196. The number of nitrogens with two attached hydrogens (primary N) is 1. The summed E-state index contributed by atoms with van der Waals surface area (Å²) in [7, 11) is 0. The third kappa shape index (κ3) is 2.19. The lowest BCUT2D eigenvalue weighted by atomic mass is 10.1. The maximum atomic E-state index is 11.5. The summed E-state index contributed by atoms with van der Waals surface area (Å²) in [6.45, 7) is 4.52. The summed E-state index contributed by atoms with van der Waals surface area (Å²) in [5.41, 5.74) is 5.29. The van der Waals surface area contributed by atoms with E-state index >= 15 is 0 Å². The van der Waals surface area contributed by atoms with Gasteiger partial charge >= 0.3 is 0 Å². The van der Waals surface area contributed by atoms with Gasteiger partial charge in [-0.3, -0.25) is 4.79 Å². The minimum absolute atomic E-state index is 0.0972. The summed E-state index contributed by atoms with van der Waals surface area (Å²) in [4.78, 5) is 13.3. The molecule has 0 aliphatic carbocycles. The fraction of sp³-hybridized carbons (Fsp3) is 0.889. The lowest BCUT2D eigenvalue weighted by molar-refractivity contribution is -0.132. The van der Waals surface area contributed by atoms with E-state index in [-0.39, 0.29) is 24.4 Å². The molecule has 0 radical (unpaired) electrons. The van der Waals surface area contributed by atoms with Crippen LogP contribution in [0.3, 0.4) is 0 Å². The Morgan fingerprint density at radius 2 is 2.31 bits per heavy atom. The molecule has 0 aromatic heterocycles. The van der Waals surface area contributed by atoms with Crippen molar-refractivity contribution in [2.75, 3.05) is 13.1 Å². The van der Waals surface area contributed by atoms with E-state index in [1.165, 1.54) is 0 Å². The van der Waals surface area contributed by atoms with Crippen molar-refractivity contribution in [3.8, 4) is 0 Å². The van der Waals surface area contributed by atoms with Crippen LogP contribution in [-0.2, 0) is 4.79 Å².